The third-order valence-electron chi connectivity index (χ3n) is 11.9. The molecule has 4 fully saturated rings. The summed E-state index contributed by atoms with van der Waals surface area (Å²) in [5.41, 5.74) is 15.9. The van der Waals surface area contributed by atoms with Crippen molar-refractivity contribution in [3.05, 3.63) is 155 Å². The van der Waals surface area contributed by atoms with E-state index in [1.165, 1.54) is 22.3 Å². The van der Waals surface area contributed by atoms with Crippen LogP contribution in [0.3, 0.4) is 0 Å². The molecule has 5 aromatic carbocycles. The van der Waals surface area contributed by atoms with E-state index in [0.29, 0.717) is 54.0 Å². The second kappa shape index (κ2) is 28.8. The van der Waals surface area contributed by atoms with Gasteiger partial charge in [0, 0.05) is 34.4 Å². The van der Waals surface area contributed by atoms with Crippen molar-refractivity contribution in [1.29, 1.82) is 0 Å². The van der Waals surface area contributed by atoms with Gasteiger partial charge >= 0.3 is 5.97 Å². The van der Waals surface area contributed by atoms with E-state index in [1.807, 2.05) is 62.4 Å². The number of thioether (sulfide) groups is 2. The van der Waals surface area contributed by atoms with Crippen LogP contribution in [0.4, 0.5) is 0 Å². The van der Waals surface area contributed by atoms with Crippen LogP contribution < -0.4 is 30.4 Å². The second-order valence-electron chi connectivity index (χ2n) is 19.3. The molecule has 6 atom stereocenters. The Labute approximate surface area is 455 Å². The third-order valence-corrected chi connectivity index (χ3v) is 14.6. The molecule has 0 radical (unpaired) electrons. The first kappa shape index (κ1) is 58.3. The molecule has 0 aromatic heterocycles. The predicted molar refractivity (Wildman–Crippen MR) is 303 cm³/mol. The number of carbonyl (C=O) groups is 1. The number of hydrogen-bond donors (Lipinski definition) is 3. The summed E-state index contributed by atoms with van der Waals surface area (Å²) in [5, 5.41) is 8.38. The van der Waals surface area contributed by atoms with Crippen LogP contribution in [0.5, 0.6) is 23.0 Å². The molecule has 5 aromatic rings. The fourth-order valence-corrected chi connectivity index (χ4v) is 9.27. The molecule has 4 aliphatic heterocycles. The first-order chi connectivity index (χ1) is 35.4. The monoisotopic (exact) mass is 1090 g/mol. The zero-order chi connectivity index (χ0) is 53.1. The Balaban J connectivity index is 0.000000183. The molecule has 5 N–H and O–H groups in total. The number of carboxylic acids is 1. The highest BCUT2D eigenvalue weighted by Gasteiger charge is 2.28. The van der Waals surface area contributed by atoms with Gasteiger partial charge in [0.25, 0.3) is 0 Å². The standard InChI is InChI=1S/C23H24O4S4.C21H24O4.C7H6O2.C6H16N2O/c1-23(2,15-3-7-17(8-4-15)24-11-19-13-30-21(28)26-19)16-5-9-18(10-6-16)25-12-20-14-31-22(29)27-20;1-21(2,15-3-7-17(8-4-15)22-11-19-13-24-19)16-5-9-18(10-6-16)23-12-20-14-25-20;8-7(9)6-4-2-1-3-5-6;1-5(7)3-9-4-6(2)8/h3-10,19-20H,11-14H2,1-2H3;3-10,19-20H,11-14H2,1-2H3;1-5H,(H,8,9);5-6H,3-4,7-8H2,1-2H3. The highest BCUT2D eigenvalue weighted by molar-refractivity contribution is 8.23. The lowest BCUT2D eigenvalue weighted by Crippen LogP contribution is -2.27. The van der Waals surface area contributed by atoms with Crippen molar-refractivity contribution in [1.82, 2.24) is 0 Å². The van der Waals surface area contributed by atoms with Crippen LogP contribution in [0.15, 0.2) is 127 Å². The van der Waals surface area contributed by atoms with Crippen LogP contribution in [0, 0.1) is 0 Å². The highest BCUT2D eigenvalue weighted by Crippen LogP contribution is 2.35. The summed E-state index contributed by atoms with van der Waals surface area (Å²) in [6.07, 6.45) is 0.626. The minimum absolute atomic E-state index is 0.0323. The molecule has 13 nitrogen and oxygen atoms in total. The molecule has 0 amide bonds. The Morgan fingerprint density at radius 1 is 0.554 bits per heavy atom. The Morgan fingerprint density at radius 3 is 1.08 bits per heavy atom. The maximum absolute atomic E-state index is 10.2. The molecule has 6 unspecified atom stereocenters. The molecule has 0 bridgehead atoms. The van der Waals surface area contributed by atoms with Gasteiger partial charge in [-0.05, 0) is 121 Å². The van der Waals surface area contributed by atoms with Gasteiger partial charge < -0.3 is 59.2 Å². The van der Waals surface area contributed by atoms with E-state index in [2.05, 4.69) is 76.2 Å². The fraction of sp³-hybridized carbons (Fsp3) is 0.421. The molecule has 17 heteroatoms. The van der Waals surface area contributed by atoms with Crippen LogP contribution >= 0.6 is 48.0 Å². The fourth-order valence-electron chi connectivity index (χ4n) is 7.20. The molecule has 398 valence electrons. The van der Waals surface area contributed by atoms with E-state index in [1.54, 1.807) is 53.9 Å². The lowest BCUT2D eigenvalue weighted by molar-refractivity contribution is 0.0696. The van der Waals surface area contributed by atoms with Gasteiger partial charge in [-0.25, -0.2) is 4.79 Å². The van der Waals surface area contributed by atoms with E-state index < -0.39 is 5.97 Å². The molecule has 4 heterocycles. The van der Waals surface area contributed by atoms with Crippen molar-refractivity contribution < 1.29 is 52.5 Å². The number of rotatable bonds is 21. The minimum Gasteiger partial charge on any atom is -0.491 e. The van der Waals surface area contributed by atoms with Gasteiger partial charge in [0.15, 0.2) is 0 Å². The highest BCUT2D eigenvalue weighted by atomic mass is 32.2. The molecular formula is C57H70N2O11S4. The van der Waals surface area contributed by atoms with Gasteiger partial charge in [-0.3, -0.25) is 0 Å². The van der Waals surface area contributed by atoms with Crippen LogP contribution in [0.25, 0.3) is 0 Å². The van der Waals surface area contributed by atoms with Crippen molar-refractivity contribution >= 4 is 62.7 Å². The zero-order valence-electron chi connectivity index (χ0n) is 43.0. The van der Waals surface area contributed by atoms with Gasteiger partial charge in [-0.2, -0.15) is 0 Å². The Bertz CT molecular complexity index is 2340. The van der Waals surface area contributed by atoms with Crippen LogP contribution in [-0.2, 0) is 34.5 Å². The summed E-state index contributed by atoms with van der Waals surface area (Å²) >= 11 is 13.2. The normalized spacial score (nSPS) is 19.3. The zero-order valence-corrected chi connectivity index (χ0v) is 46.2. The Hall–Kier alpha value is -4.95. The predicted octanol–water partition coefficient (Wildman–Crippen LogP) is 10.3. The quantitative estimate of drug-likeness (QED) is 0.0466. The van der Waals surface area contributed by atoms with E-state index >= 15 is 0 Å². The third kappa shape index (κ3) is 20.0. The molecule has 4 aliphatic rings. The van der Waals surface area contributed by atoms with Crippen molar-refractivity contribution in [2.45, 2.75) is 88.9 Å². The van der Waals surface area contributed by atoms with Crippen LogP contribution in [-0.4, -0.2) is 121 Å². The Morgan fingerprint density at radius 2 is 0.851 bits per heavy atom. The summed E-state index contributed by atoms with van der Waals surface area (Å²) in [6, 6.07) is 41.7. The average molecular weight is 1090 g/mol. The molecule has 0 aliphatic carbocycles. The van der Waals surface area contributed by atoms with E-state index in [0.717, 1.165) is 47.7 Å². The SMILES string of the molecule is CC(C)(c1ccc(OCC2CO2)cc1)c1ccc(OCC2CO2)cc1.CC(C)(c1ccc(OCC2CSC(=S)O2)cc1)c1ccc(OCC2CSC(=S)O2)cc1.CC(N)COCC(C)N.O=C(O)c1ccccc1. The first-order valence-corrected chi connectivity index (χ1v) is 27.4. The number of nitrogens with two attached hydrogens (primary N) is 2. The maximum atomic E-state index is 10.2. The summed E-state index contributed by atoms with van der Waals surface area (Å²) in [6.45, 7) is 17.8. The van der Waals surface area contributed by atoms with Gasteiger partial charge in [0.1, 0.15) is 73.8 Å². The smallest absolute Gasteiger partial charge is 0.335 e. The van der Waals surface area contributed by atoms with E-state index in [4.69, 9.17) is 83.6 Å². The number of benzene rings is 5. The summed E-state index contributed by atoms with van der Waals surface area (Å²) in [5.74, 6) is 4.27. The number of carboxylic acid groups (broad SMARTS) is 1. The topological polar surface area (TPSA) is 179 Å². The number of epoxide rings is 2. The summed E-state index contributed by atoms with van der Waals surface area (Å²) in [4.78, 5) is 10.2. The number of thiocarbonyl (C=S) groups is 2. The number of aromatic carboxylic acids is 1. The molecule has 0 saturated carbocycles. The molecule has 4 saturated heterocycles. The second-order valence-corrected chi connectivity index (χ2v) is 22.5. The van der Waals surface area contributed by atoms with Gasteiger partial charge in [-0.15, -0.1) is 0 Å². The number of hydrogen-bond acceptors (Lipinski definition) is 16. The molecule has 74 heavy (non-hydrogen) atoms. The van der Waals surface area contributed by atoms with Crippen molar-refractivity contribution in [3.63, 3.8) is 0 Å². The molecule has 0 spiro atoms. The average Bonchev–Trinajstić information content (AvgIpc) is 4.33. The van der Waals surface area contributed by atoms with Crippen LogP contribution in [0.1, 0.15) is 74.2 Å². The van der Waals surface area contributed by atoms with Crippen molar-refractivity contribution in [2.24, 2.45) is 11.5 Å². The lowest BCUT2D eigenvalue weighted by Gasteiger charge is -2.26. The van der Waals surface area contributed by atoms with Crippen molar-refractivity contribution in [3.8, 4) is 23.0 Å². The summed E-state index contributed by atoms with van der Waals surface area (Å²) < 4.78 is 50.9. The van der Waals surface area contributed by atoms with Crippen molar-refractivity contribution in [2.75, 3.05) is 64.4 Å². The number of ether oxygens (including phenoxy) is 9. The van der Waals surface area contributed by atoms with Gasteiger partial charge in [-0.1, -0.05) is 118 Å². The Kier molecular flexibility index (Phi) is 22.7. The maximum Gasteiger partial charge on any atom is 0.335 e. The lowest BCUT2D eigenvalue weighted by atomic mass is 9.78. The largest absolute Gasteiger partial charge is 0.491 e. The van der Waals surface area contributed by atoms with Crippen LogP contribution in [0.2, 0.25) is 0 Å². The van der Waals surface area contributed by atoms with Gasteiger partial charge in [0.2, 0.25) is 8.77 Å². The molecular weight excluding hydrogens is 1020 g/mol. The van der Waals surface area contributed by atoms with E-state index in [9.17, 15) is 4.79 Å². The first-order valence-electron chi connectivity index (χ1n) is 24.6. The minimum atomic E-state index is -0.879. The molecule has 9 rings (SSSR count). The summed E-state index contributed by atoms with van der Waals surface area (Å²) in [7, 11) is 0. The van der Waals surface area contributed by atoms with E-state index in [-0.39, 0.29) is 47.3 Å². The van der Waals surface area contributed by atoms with Gasteiger partial charge in [0.05, 0.1) is 32.0 Å².